The number of carbonyl (C=O) groups is 2. The second-order valence-electron chi connectivity index (χ2n) is 6.39. The summed E-state index contributed by atoms with van der Waals surface area (Å²) in [5, 5.41) is 12.3. The third kappa shape index (κ3) is 3.50. The van der Waals surface area contributed by atoms with Crippen LogP contribution in [0.3, 0.4) is 0 Å². The highest BCUT2D eigenvalue weighted by Crippen LogP contribution is 2.48. The van der Waals surface area contributed by atoms with Crippen LogP contribution in [0.5, 0.6) is 0 Å². The molecule has 0 bridgehead atoms. The summed E-state index contributed by atoms with van der Waals surface area (Å²) in [7, 11) is 0. The molecule has 1 aliphatic heterocycles. The van der Waals surface area contributed by atoms with Crippen molar-refractivity contribution in [2.45, 2.75) is 19.3 Å². The van der Waals surface area contributed by atoms with Gasteiger partial charge in [0.2, 0.25) is 5.91 Å². The van der Waals surface area contributed by atoms with Crippen molar-refractivity contribution in [2.24, 2.45) is 11.3 Å². The van der Waals surface area contributed by atoms with Gasteiger partial charge in [0.1, 0.15) is 5.82 Å². The van der Waals surface area contributed by atoms with Crippen molar-refractivity contribution in [1.82, 2.24) is 4.90 Å². The summed E-state index contributed by atoms with van der Waals surface area (Å²) in [5.41, 5.74) is -0.348. The zero-order chi connectivity index (χ0) is 16.6. The van der Waals surface area contributed by atoms with Crippen molar-refractivity contribution in [3.05, 3.63) is 29.0 Å². The van der Waals surface area contributed by atoms with E-state index in [1.165, 1.54) is 12.1 Å². The highest BCUT2D eigenvalue weighted by Gasteiger charge is 2.54. The number of fused-ring (bicyclic) bond motifs is 1. The molecule has 0 spiro atoms. The summed E-state index contributed by atoms with van der Waals surface area (Å²) in [6.45, 7) is 1.13. The minimum absolute atomic E-state index is 0. The lowest BCUT2D eigenvalue weighted by molar-refractivity contribution is -0.149. The Kier molecular flexibility index (Phi) is 5.73. The standard InChI is InChI=1S/C16H18ClFN2O3.ClH/c17-12-6-11(18)3-4-13(12)19-14(21)8-20-7-10-2-1-5-16(10,9-20)15(22)23;/h3-4,6,10H,1-2,5,7-9H2,(H,19,21)(H,22,23);1H/t10-,16+;/m0./s1. The minimum atomic E-state index is -0.760. The van der Waals surface area contributed by atoms with E-state index in [0.29, 0.717) is 25.2 Å². The Labute approximate surface area is 150 Å². The van der Waals surface area contributed by atoms with E-state index in [1.54, 1.807) is 0 Å². The number of hydrogen-bond donors (Lipinski definition) is 2. The van der Waals surface area contributed by atoms with E-state index in [-0.39, 0.29) is 35.8 Å². The Morgan fingerprint density at radius 2 is 2.21 bits per heavy atom. The first-order valence-electron chi connectivity index (χ1n) is 7.61. The summed E-state index contributed by atoms with van der Waals surface area (Å²) in [6.07, 6.45) is 2.51. The third-order valence-electron chi connectivity index (χ3n) is 4.94. The Morgan fingerprint density at radius 1 is 1.46 bits per heavy atom. The highest BCUT2D eigenvalue weighted by molar-refractivity contribution is 6.33. The molecule has 1 heterocycles. The second-order valence-corrected chi connectivity index (χ2v) is 6.80. The van der Waals surface area contributed by atoms with Gasteiger partial charge in [-0.15, -0.1) is 12.4 Å². The van der Waals surface area contributed by atoms with Crippen LogP contribution in [0.2, 0.25) is 5.02 Å². The maximum absolute atomic E-state index is 13.0. The molecule has 0 aromatic heterocycles. The lowest BCUT2D eigenvalue weighted by Gasteiger charge is -2.23. The number of likely N-dealkylation sites (tertiary alicyclic amines) is 1. The number of hydrogen-bond acceptors (Lipinski definition) is 3. The molecular weight excluding hydrogens is 358 g/mol. The fraction of sp³-hybridized carbons (Fsp3) is 0.500. The van der Waals surface area contributed by atoms with Crippen LogP contribution in [-0.4, -0.2) is 41.5 Å². The lowest BCUT2D eigenvalue weighted by Crippen LogP contribution is -2.37. The van der Waals surface area contributed by atoms with Gasteiger partial charge in [-0.3, -0.25) is 14.5 Å². The number of carbonyl (C=O) groups excluding carboxylic acids is 1. The molecule has 3 rings (SSSR count). The molecule has 2 fully saturated rings. The van der Waals surface area contributed by atoms with Crippen molar-refractivity contribution in [3.8, 4) is 0 Å². The van der Waals surface area contributed by atoms with E-state index in [0.717, 1.165) is 18.9 Å². The third-order valence-corrected chi connectivity index (χ3v) is 5.25. The number of carboxylic acids is 1. The van der Waals surface area contributed by atoms with Gasteiger partial charge in [0.15, 0.2) is 0 Å². The molecule has 2 aliphatic rings. The minimum Gasteiger partial charge on any atom is -0.481 e. The molecule has 2 atom stereocenters. The summed E-state index contributed by atoms with van der Waals surface area (Å²) < 4.78 is 13.0. The number of amides is 1. The van der Waals surface area contributed by atoms with E-state index in [2.05, 4.69) is 5.32 Å². The number of nitrogens with one attached hydrogen (secondary N) is 1. The van der Waals surface area contributed by atoms with Gasteiger partial charge in [0.25, 0.3) is 0 Å². The van der Waals surface area contributed by atoms with Gasteiger partial charge in [-0.25, -0.2) is 4.39 Å². The first-order valence-corrected chi connectivity index (χ1v) is 7.99. The molecular formula is C16H19Cl2FN2O3. The van der Waals surface area contributed by atoms with Gasteiger partial charge in [0, 0.05) is 13.1 Å². The first kappa shape index (κ1) is 19.0. The van der Waals surface area contributed by atoms with Crippen molar-refractivity contribution in [3.63, 3.8) is 0 Å². The quantitative estimate of drug-likeness (QED) is 0.847. The van der Waals surface area contributed by atoms with Crippen LogP contribution < -0.4 is 5.32 Å². The second kappa shape index (κ2) is 7.25. The molecule has 0 radical (unpaired) electrons. The fourth-order valence-corrected chi connectivity index (χ4v) is 4.06. The lowest BCUT2D eigenvalue weighted by atomic mass is 9.81. The van der Waals surface area contributed by atoms with Gasteiger partial charge in [-0.05, 0) is 37.0 Å². The molecule has 1 aromatic carbocycles. The van der Waals surface area contributed by atoms with Crippen molar-refractivity contribution >= 4 is 41.6 Å². The van der Waals surface area contributed by atoms with Crippen LogP contribution in [-0.2, 0) is 9.59 Å². The Hall–Kier alpha value is -1.37. The number of anilines is 1. The number of halogens is 3. The molecule has 1 amide bonds. The van der Waals surface area contributed by atoms with E-state index < -0.39 is 17.2 Å². The number of aliphatic carboxylic acids is 1. The molecule has 24 heavy (non-hydrogen) atoms. The SMILES string of the molecule is Cl.O=C(CN1C[C@@H]2CCC[C@@]2(C(=O)O)C1)Nc1ccc(F)cc1Cl. The number of nitrogens with zero attached hydrogens (tertiary/aromatic N) is 1. The molecule has 1 saturated carbocycles. The van der Waals surface area contributed by atoms with Crippen LogP contribution in [0.4, 0.5) is 10.1 Å². The van der Waals surface area contributed by atoms with E-state index in [9.17, 15) is 19.1 Å². The predicted octanol–water partition coefficient (Wildman–Crippen LogP) is 3.03. The zero-order valence-electron chi connectivity index (χ0n) is 12.9. The van der Waals surface area contributed by atoms with Gasteiger partial charge in [-0.2, -0.15) is 0 Å². The summed E-state index contributed by atoms with van der Waals surface area (Å²) in [6, 6.07) is 3.77. The number of benzene rings is 1. The first-order chi connectivity index (χ1) is 10.9. The Bertz CT molecular complexity index is 658. The van der Waals surface area contributed by atoms with Crippen molar-refractivity contribution < 1.29 is 19.1 Å². The van der Waals surface area contributed by atoms with Crippen LogP contribution in [0.1, 0.15) is 19.3 Å². The molecule has 1 aliphatic carbocycles. The van der Waals surface area contributed by atoms with Crippen LogP contribution in [0.25, 0.3) is 0 Å². The Balaban J connectivity index is 0.00000208. The number of carboxylic acid groups (broad SMARTS) is 1. The smallest absolute Gasteiger partial charge is 0.311 e. The van der Waals surface area contributed by atoms with E-state index >= 15 is 0 Å². The normalized spacial score (nSPS) is 25.8. The van der Waals surface area contributed by atoms with Crippen LogP contribution in [0, 0.1) is 17.2 Å². The van der Waals surface area contributed by atoms with Gasteiger partial charge >= 0.3 is 5.97 Å². The van der Waals surface area contributed by atoms with Gasteiger partial charge < -0.3 is 10.4 Å². The maximum atomic E-state index is 13.0. The van der Waals surface area contributed by atoms with Crippen molar-refractivity contribution in [2.75, 3.05) is 25.0 Å². The molecule has 8 heteroatoms. The predicted molar refractivity (Wildman–Crippen MR) is 91.1 cm³/mol. The van der Waals surface area contributed by atoms with E-state index in [1.807, 2.05) is 4.90 Å². The van der Waals surface area contributed by atoms with Gasteiger partial charge in [0.05, 0.1) is 22.7 Å². The average molecular weight is 377 g/mol. The average Bonchev–Trinajstić information content (AvgIpc) is 2.99. The molecule has 1 aromatic rings. The highest BCUT2D eigenvalue weighted by atomic mass is 35.5. The molecule has 132 valence electrons. The number of rotatable bonds is 4. The monoisotopic (exact) mass is 376 g/mol. The molecule has 1 saturated heterocycles. The largest absolute Gasteiger partial charge is 0.481 e. The topological polar surface area (TPSA) is 69.6 Å². The van der Waals surface area contributed by atoms with Gasteiger partial charge in [-0.1, -0.05) is 18.0 Å². The maximum Gasteiger partial charge on any atom is 0.311 e. The van der Waals surface area contributed by atoms with Crippen LogP contribution >= 0.6 is 24.0 Å². The molecule has 0 unspecified atom stereocenters. The van der Waals surface area contributed by atoms with Crippen molar-refractivity contribution in [1.29, 1.82) is 0 Å². The zero-order valence-corrected chi connectivity index (χ0v) is 14.5. The molecule has 2 N–H and O–H groups in total. The summed E-state index contributed by atoms with van der Waals surface area (Å²) in [5.74, 6) is -1.39. The Morgan fingerprint density at radius 3 is 2.83 bits per heavy atom. The summed E-state index contributed by atoms with van der Waals surface area (Å²) >= 11 is 5.89. The molecule has 5 nitrogen and oxygen atoms in total. The van der Waals surface area contributed by atoms with E-state index in [4.69, 9.17) is 11.6 Å². The summed E-state index contributed by atoms with van der Waals surface area (Å²) in [4.78, 5) is 25.7. The van der Waals surface area contributed by atoms with Crippen LogP contribution in [0.15, 0.2) is 18.2 Å². The fourth-order valence-electron chi connectivity index (χ4n) is 3.85.